The van der Waals surface area contributed by atoms with Crippen LogP contribution in [0.5, 0.6) is 5.75 Å². The zero-order chi connectivity index (χ0) is 13.8. The van der Waals surface area contributed by atoms with Crippen LogP contribution in [0, 0.1) is 19.8 Å². The Morgan fingerprint density at radius 2 is 1.84 bits per heavy atom. The summed E-state index contributed by atoms with van der Waals surface area (Å²) in [6, 6.07) is 4.60. The Morgan fingerprint density at radius 3 is 2.47 bits per heavy atom. The van der Waals surface area contributed by atoms with Gasteiger partial charge in [-0.05, 0) is 68.7 Å². The fraction of sp³-hybridized carbons (Fsp3) is 0.625. The maximum absolute atomic E-state index is 5.95. The highest BCUT2D eigenvalue weighted by Crippen LogP contribution is 2.28. The number of benzene rings is 1. The van der Waals surface area contributed by atoms with Gasteiger partial charge in [0.2, 0.25) is 0 Å². The first-order valence-electron chi connectivity index (χ1n) is 7.25. The van der Waals surface area contributed by atoms with E-state index in [4.69, 9.17) is 10.5 Å². The molecule has 0 heterocycles. The van der Waals surface area contributed by atoms with Gasteiger partial charge in [-0.3, -0.25) is 0 Å². The fourth-order valence-corrected chi connectivity index (χ4v) is 2.86. The zero-order valence-electron chi connectivity index (χ0n) is 12.3. The molecule has 0 amide bonds. The summed E-state index contributed by atoms with van der Waals surface area (Å²) < 4.78 is 5.35. The van der Waals surface area contributed by atoms with Crippen LogP contribution < -0.4 is 15.8 Å². The molecule has 0 spiro atoms. The molecule has 1 fully saturated rings. The normalized spacial score (nSPS) is 23.2. The Kier molecular flexibility index (Phi) is 4.70. The van der Waals surface area contributed by atoms with Gasteiger partial charge in [0.05, 0.1) is 7.11 Å². The number of methoxy groups -OCH3 is 1. The lowest BCUT2D eigenvalue weighted by Crippen LogP contribution is -2.29. The van der Waals surface area contributed by atoms with Crippen molar-refractivity contribution in [2.45, 2.75) is 45.6 Å². The number of hydrogen-bond acceptors (Lipinski definition) is 3. The number of nitrogens with one attached hydrogen (secondary N) is 1. The molecular weight excluding hydrogens is 236 g/mol. The summed E-state index contributed by atoms with van der Waals surface area (Å²) in [7, 11) is 1.72. The van der Waals surface area contributed by atoms with E-state index in [9.17, 15) is 0 Å². The number of hydrogen-bond donors (Lipinski definition) is 2. The van der Waals surface area contributed by atoms with Crippen LogP contribution in [-0.4, -0.2) is 19.7 Å². The van der Waals surface area contributed by atoms with Crippen LogP contribution in [0.1, 0.15) is 36.8 Å². The Morgan fingerprint density at radius 1 is 1.16 bits per heavy atom. The predicted octanol–water partition coefficient (Wildman–Crippen LogP) is 3.24. The van der Waals surface area contributed by atoms with E-state index in [2.05, 4.69) is 25.2 Å². The molecule has 3 nitrogen and oxygen atoms in total. The van der Waals surface area contributed by atoms with Gasteiger partial charge < -0.3 is 15.8 Å². The predicted molar refractivity (Wildman–Crippen MR) is 80.9 cm³/mol. The van der Waals surface area contributed by atoms with Gasteiger partial charge >= 0.3 is 0 Å². The summed E-state index contributed by atoms with van der Waals surface area (Å²) in [5, 5.41) is 3.59. The quantitative estimate of drug-likeness (QED) is 0.875. The third kappa shape index (κ3) is 3.41. The molecular formula is C16H26N2O. The molecule has 1 aromatic carbocycles. The molecule has 1 aromatic rings. The third-order valence-corrected chi connectivity index (χ3v) is 4.43. The molecule has 19 heavy (non-hydrogen) atoms. The largest absolute Gasteiger partial charge is 0.496 e. The third-order valence-electron chi connectivity index (χ3n) is 4.43. The molecule has 0 aromatic heterocycles. The van der Waals surface area contributed by atoms with Crippen LogP contribution in [0.15, 0.2) is 12.1 Å². The minimum Gasteiger partial charge on any atom is -0.496 e. The second kappa shape index (κ2) is 6.29. The van der Waals surface area contributed by atoms with Crippen molar-refractivity contribution >= 4 is 5.69 Å². The maximum atomic E-state index is 5.95. The van der Waals surface area contributed by atoms with E-state index in [1.165, 1.54) is 42.5 Å². The van der Waals surface area contributed by atoms with Crippen LogP contribution in [0.25, 0.3) is 0 Å². The minimum atomic E-state index is 0.432. The molecule has 3 N–H and O–H groups in total. The number of nitrogens with two attached hydrogens (primary N) is 1. The van der Waals surface area contributed by atoms with Crippen molar-refractivity contribution in [1.29, 1.82) is 0 Å². The second-order valence-corrected chi connectivity index (χ2v) is 5.73. The SMILES string of the molecule is COc1ccc(NCC2CCC(N)CC2)c(C)c1C. The fourth-order valence-electron chi connectivity index (χ4n) is 2.86. The van der Waals surface area contributed by atoms with Crippen LogP contribution in [0.3, 0.4) is 0 Å². The molecule has 0 atom stereocenters. The standard InChI is InChI=1S/C16H26N2O/c1-11-12(2)16(19-3)9-8-15(11)18-10-13-4-6-14(17)7-5-13/h8-9,13-14,18H,4-7,10,17H2,1-3H3. The summed E-state index contributed by atoms with van der Waals surface area (Å²) in [6.45, 7) is 5.31. The topological polar surface area (TPSA) is 47.3 Å². The lowest BCUT2D eigenvalue weighted by molar-refractivity contribution is 0.339. The summed E-state index contributed by atoms with van der Waals surface area (Å²) in [5.74, 6) is 1.73. The lowest BCUT2D eigenvalue weighted by Gasteiger charge is -2.27. The summed E-state index contributed by atoms with van der Waals surface area (Å²) in [6.07, 6.45) is 4.85. The first-order valence-corrected chi connectivity index (χ1v) is 7.25. The Hall–Kier alpha value is -1.22. The first kappa shape index (κ1) is 14.2. The molecule has 1 aliphatic carbocycles. The van der Waals surface area contributed by atoms with Gasteiger partial charge in [-0.25, -0.2) is 0 Å². The van der Waals surface area contributed by atoms with Gasteiger partial charge in [-0.2, -0.15) is 0 Å². The van der Waals surface area contributed by atoms with Crippen molar-refractivity contribution in [2.24, 2.45) is 11.7 Å². The number of rotatable bonds is 4. The Balaban J connectivity index is 1.94. The number of ether oxygens (including phenoxy) is 1. The molecule has 106 valence electrons. The maximum Gasteiger partial charge on any atom is 0.122 e. The smallest absolute Gasteiger partial charge is 0.122 e. The number of anilines is 1. The highest BCUT2D eigenvalue weighted by Gasteiger charge is 2.18. The summed E-state index contributed by atoms with van der Waals surface area (Å²) in [5.41, 5.74) is 9.68. The van der Waals surface area contributed by atoms with Crippen LogP contribution >= 0.6 is 0 Å². The first-order chi connectivity index (χ1) is 9.11. The van der Waals surface area contributed by atoms with E-state index >= 15 is 0 Å². The van der Waals surface area contributed by atoms with Gasteiger partial charge in [-0.15, -0.1) is 0 Å². The van der Waals surface area contributed by atoms with Gasteiger partial charge in [0.15, 0.2) is 0 Å². The molecule has 0 unspecified atom stereocenters. The molecule has 1 saturated carbocycles. The van der Waals surface area contributed by atoms with E-state index in [-0.39, 0.29) is 0 Å². The van der Waals surface area contributed by atoms with Crippen molar-refractivity contribution in [1.82, 2.24) is 0 Å². The van der Waals surface area contributed by atoms with Crippen molar-refractivity contribution in [2.75, 3.05) is 19.0 Å². The minimum absolute atomic E-state index is 0.432. The molecule has 2 rings (SSSR count). The van der Waals surface area contributed by atoms with Crippen molar-refractivity contribution < 1.29 is 4.74 Å². The van der Waals surface area contributed by atoms with Gasteiger partial charge in [0, 0.05) is 18.3 Å². The average Bonchev–Trinajstić information content (AvgIpc) is 2.42. The lowest BCUT2D eigenvalue weighted by atomic mass is 9.86. The average molecular weight is 262 g/mol. The van der Waals surface area contributed by atoms with Crippen LogP contribution in [-0.2, 0) is 0 Å². The van der Waals surface area contributed by atoms with Crippen LogP contribution in [0.2, 0.25) is 0 Å². The molecule has 3 heteroatoms. The summed E-state index contributed by atoms with van der Waals surface area (Å²) >= 11 is 0. The van der Waals surface area contributed by atoms with Gasteiger partial charge in [0.25, 0.3) is 0 Å². The monoisotopic (exact) mass is 262 g/mol. The Labute approximate surface area is 116 Å². The van der Waals surface area contributed by atoms with E-state index in [0.717, 1.165) is 18.2 Å². The molecule has 1 aliphatic rings. The van der Waals surface area contributed by atoms with Crippen molar-refractivity contribution in [3.8, 4) is 5.75 Å². The van der Waals surface area contributed by atoms with E-state index < -0.39 is 0 Å². The van der Waals surface area contributed by atoms with Crippen LogP contribution in [0.4, 0.5) is 5.69 Å². The summed E-state index contributed by atoms with van der Waals surface area (Å²) in [4.78, 5) is 0. The van der Waals surface area contributed by atoms with Crippen molar-refractivity contribution in [3.05, 3.63) is 23.3 Å². The van der Waals surface area contributed by atoms with E-state index in [0.29, 0.717) is 6.04 Å². The van der Waals surface area contributed by atoms with Gasteiger partial charge in [0.1, 0.15) is 5.75 Å². The van der Waals surface area contributed by atoms with E-state index in [1.54, 1.807) is 7.11 Å². The van der Waals surface area contributed by atoms with Crippen molar-refractivity contribution in [3.63, 3.8) is 0 Å². The Bertz CT molecular complexity index is 423. The highest BCUT2D eigenvalue weighted by molar-refractivity contribution is 5.58. The molecule has 0 saturated heterocycles. The van der Waals surface area contributed by atoms with Gasteiger partial charge in [-0.1, -0.05) is 0 Å². The zero-order valence-corrected chi connectivity index (χ0v) is 12.3. The molecule has 0 bridgehead atoms. The molecule has 0 aliphatic heterocycles. The van der Waals surface area contributed by atoms with E-state index in [1.807, 2.05) is 6.07 Å². The second-order valence-electron chi connectivity index (χ2n) is 5.73. The highest BCUT2D eigenvalue weighted by atomic mass is 16.5. The molecule has 0 radical (unpaired) electrons.